The second-order valence-corrected chi connectivity index (χ2v) is 6.25. The van der Waals surface area contributed by atoms with E-state index in [4.69, 9.17) is 33.7 Å². The van der Waals surface area contributed by atoms with Crippen LogP contribution in [0.4, 0.5) is 5.69 Å². The summed E-state index contributed by atoms with van der Waals surface area (Å²) in [4.78, 5) is 0. The van der Waals surface area contributed by atoms with E-state index in [9.17, 15) is 0 Å². The third-order valence-corrected chi connectivity index (χ3v) is 3.22. The van der Waals surface area contributed by atoms with E-state index >= 15 is 0 Å². The lowest BCUT2D eigenvalue weighted by Crippen LogP contribution is -3.00. The Morgan fingerprint density at radius 2 is 1.80 bits per heavy atom. The Kier molecular flexibility index (Phi) is 7.74. The van der Waals surface area contributed by atoms with Gasteiger partial charge < -0.3 is 27.4 Å². The standard InChI is InChI=1S/C14H21Cl2N2O.ClH/c1-10(2)9-18(3,4)5-6-19-14-12(15)7-11(17)8-13(14)16;/h7-8H,1,5-6,9,17H2,2-4H3;1H/q+1;/p-1. The van der Waals surface area contributed by atoms with E-state index in [-0.39, 0.29) is 12.4 Å². The van der Waals surface area contributed by atoms with E-state index in [0.717, 1.165) is 23.1 Å². The highest BCUT2D eigenvalue weighted by molar-refractivity contribution is 6.37. The molecule has 0 aliphatic carbocycles. The van der Waals surface area contributed by atoms with Crippen molar-refractivity contribution in [3.8, 4) is 5.75 Å². The number of likely N-dealkylation sites (N-methyl/N-ethyl adjacent to an activating group) is 1. The summed E-state index contributed by atoms with van der Waals surface area (Å²) in [6, 6.07) is 3.27. The Hall–Kier alpha value is -0.610. The Bertz CT molecular complexity index is 452. The molecule has 1 aromatic rings. The highest BCUT2D eigenvalue weighted by Crippen LogP contribution is 2.35. The fraction of sp³-hybridized carbons (Fsp3) is 0.429. The van der Waals surface area contributed by atoms with Gasteiger partial charge in [-0.2, -0.15) is 0 Å². The van der Waals surface area contributed by atoms with Crippen LogP contribution in [0.25, 0.3) is 0 Å². The van der Waals surface area contributed by atoms with Gasteiger partial charge >= 0.3 is 0 Å². The van der Waals surface area contributed by atoms with Crippen molar-refractivity contribution >= 4 is 28.9 Å². The van der Waals surface area contributed by atoms with Gasteiger partial charge in [-0.1, -0.05) is 29.8 Å². The molecule has 0 heterocycles. The van der Waals surface area contributed by atoms with Gasteiger partial charge in [0.15, 0.2) is 5.75 Å². The Morgan fingerprint density at radius 1 is 1.30 bits per heavy atom. The summed E-state index contributed by atoms with van der Waals surface area (Å²) in [5.74, 6) is 0.493. The zero-order valence-electron chi connectivity index (χ0n) is 12.0. The molecular formula is C14H21Cl3N2O. The number of nitrogens with zero attached hydrogens (tertiary/aromatic N) is 1. The van der Waals surface area contributed by atoms with E-state index in [0.29, 0.717) is 28.1 Å². The van der Waals surface area contributed by atoms with E-state index in [2.05, 4.69) is 20.7 Å². The number of anilines is 1. The number of nitrogen functional groups attached to an aromatic ring is 1. The fourth-order valence-electron chi connectivity index (χ4n) is 1.92. The van der Waals surface area contributed by atoms with Crippen molar-refractivity contribution < 1.29 is 21.6 Å². The topological polar surface area (TPSA) is 35.2 Å². The first-order valence-corrected chi connectivity index (χ1v) is 6.80. The summed E-state index contributed by atoms with van der Waals surface area (Å²) < 4.78 is 6.48. The van der Waals surface area contributed by atoms with Crippen molar-refractivity contribution in [3.05, 3.63) is 34.3 Å². The van der Waals surface area contributed by atoms with Crippen LogP contribution in [0, 0.1) is 0 Å². The average Bonchev–Trinajstić information content (AvgIpc) is 2.19. The highest BCUT2D eigenvalue weighted by Gasteiger charge is 2.16. The van der Waals surface area contributed by atoms with Crippen molar-refractivity contribution in [3.63, 3.8) is 0 Å². The molecule has 6 heteroatoms. The lowest BCUT2D eigenvalue weighted by molar-refractivity contribution is -0.885. The number of quaternary nitrogens is 1. The average molecular weight is 340 g/mol. The number of hydrogen-bond donors (Lipinski definition) is 1. The molecule has 1 aromatic carbocycles. The molecule has 0 fully saturated rings. The summed E-state index contributed by atoms with van der Waals surface area (Å²) in [7, 11) is 4.26. The smallest absolute Gasteiger partial charge is 0.156 e. The number of halogens is 3. The highest BCUT2D eigenvalue weighted by atomic mass is 35.5. The summed E-state index contributed by atoms with van der Waals surface area (Å²) in [6.07, 6.45) is 0. The molecule has 0 spiro atoms. The molecule has 0 saturated heterocycles. The minimum atomic E-state index is 0. The van der Waals surface area contributed by atoms with Crippen LogP contribution in [0.3, 0.4) is 0 Å². The van der Waals surface area contributed by atoms with Crippen molar-refractivity contribution in [2.24, 2.45) is 0 Å². The van der Waals surface area contributed by atoms with Crippen LogP contribution in [0.15, 0.2) is 24.3 Å². The molecule has 114 valence electrons. The normalized spacial score (nSPS) is 10.8. The van der Waals surface area contributed by atoms with E-state index in [1.807, 2.05) is 6.92 Å². The molecule has 0 bridgehead atoms. The molecule has 20 heavy (non-hydrogen) atoms. The molecule has 0 saturated carbocycles. The largest absolute Gasteiger partial charge is 1.00 e. The molecule has 0 unspecified atom stereocenters. The number of hydrogen-bond acceptors (Lipinski definition) is 2. The van der Waals surface area contributed by atoms with Gasteiger partial charge in [0, 0.05) is 5.69 Å². The van der Waals surface area contributed by atoms with Crippen molar-refractivity contribution in [1.29, 1.82) is 0 Å². The summed E-state index contributed by atoms with van der Waals surface area (Å²) >= 11 is 12.1. The van der Waals surface area contributed by atoms with Gasteiger partial charge in [0.25, 0.3) is 0 Å². The van der Waals surface area contributed by atoms with Crippen molar-refractivity contribution in [2.75, 3.05) is 39.5 Å². The third kappa shape index (κ3) is 6.23. The first kappa shape index (κ1) is 19.4. The van der Waals surface area contributed by atoms with Crippen molar-refractivity contribution in [2.45, 2.75) is 6.92 Å². The summed E-state index contributed by atoms with van der Waals surface area (Å²) in [6.45, 7) is 8.23. The molecule has 0 aliphatic rings. The van der Waals surface area contributed by atoms with Crippen LogP contribution >= 0.6 is 23.2 Å². The van der Waals surface area contributed by atoms with Crippen LogP contribution in [-0.2, 0) is 0 Å². The number of benzene rings is 1. The second-order valence-electron chi connectivity index (χ2n) is 5.44. The van der Waals surface area contributed by atoms with Gasteiger partial charge in [-0.25, -0.2) is 0 Å². The zero-order valence-corrected chi connectivity index (χ0v) is 14.3. The van der Waals surface area contributed by atoms with Crippen LogP contribution in [0.2, 0.25) is 10.0 Å². The maximum absolute atomic E-state index is 6.06. The number of rotatable bonds is 6. The quantitative estimate of drug-likeness (QED) is 0.468. The lowest BCUT2D eigenvalue weighted by Gasteiger charge is -2.29. The maximum Gasteiger partial charge on any atom is 0.156 e. The van der Waals surface area contributed by atoms with Crippen molar-refractivity contribution in [1.82, 2.24) is 0 Å². The minimum Gasteiger partial charge on any atom is -1.00 e. The Balaban J connectivity index is 0.00000361. The maximum atomic E-state index is 6.06. The Morgan fingerprint density at radius 3 is 2.25 bits per heavy atom. The Labute approximate surface area is 137 Å². The SMILES string of the molecule is C=C(C)C[N+](C)(C)CCOc1c(Cl)cc(N)cc1Cl.[Cl-]. The lowest BCUT2D eigenvalue weighted by atomic mass is 10.3. The molecule has 1 rings (SSSR count). The molecule has 0 aliphatic heterocycles. The zero-order chi connectivity index (χ0) is 14.6. The summed E-state index contributed by atoms with van der Waals surface area (Å²) in [5, 5.41) is 0.880. The van der Waals surface area contributed by atoms with E-state index < -0.39 is 0 Å². The molecule has 0 amide bonds. The van der Waals surface area contributed by atoms with Gasteiger partial charge in [0.1, 0.15) is 13.2 Å². The number of nitrogens with two attached hydrogens (primary N) is 1. The van der Waals surface area contributed by atoms with Crippen LogP contribution in [0.5, 0.6) is 5.75 Å². The van der Waals surface area contributed by atoms with Gasteiger partial charge in [-0.05, 0) is 24.6 Å². The van der Waals surface area contributed by atoms with Gasteiger partial charge in [0.2, 0.25) is 0 Å². The predicted octanol–water partition coefficient (Wildman–Crippen LogP) is 0.611. The molecule has 2 N–H and O–H groups in total. The van der Waals surface area contributed by atoms with Crippen LogP contribution in [0.1, 0.15) is 6.92 Å². The first-order chi connectivity index (χ1) is 8.71. The molecule has 0 aromatic heterocycles. The van der Waals surface area contributed by atoms with Gasteiger partial charge in [-0.3, -0.25) is 0 Å². The number of ether oxygens (including phenoxy) is 1. The molecule has 0 atom stereocenters. The van der Waals surface area contributed by atoms with Gasteiger partial charge in [0.05, 0.1) is 30.7 Å². The monoisotopic (exact) mass is 338 g/mol. The van der Waals surface area contributed by atoms with Gasteiger partial charge in [-0.15, -0.1) is 0 Å². The third-order valence-electron chi connectivity index (χ3n) is 2.66. The predicted molar refractivity (Wildman–Crippen MR) is 83.0 cm³/mol. The summed E-state index contributed by atoms with van der Waals surface area (Å²) in [5.41, 5.74) is 7.32. The second kappa shape index (κ2) is 7.99. The molecule has 3 nitrogen and oxygen atoms in total. The van der Waals surface area contributed by atoms with Crippen LogP contribution < -0.4 is 22.9 Å². The van der Waals surface area contributed by atoms with E-state index in [1.165, 1.54) is 0 Å². The fourth-order valence-corrected chi connectivity index (χ4v) is 2.54. The van der Waals surface area contributed by atoms with E-state index in [1.54, 1.807) is 12.1 Å². The van der Waals surface area contributed by atoms with Crippen LogP contribution in [-0.4, -0.2) is 38.3 Å². The first-order valence-electron chi connectivity index (χ1n) is 6.05. The minimum absolute atomic E-state index is 0. The molecular weight excluding hydrogens is 319 g/mol. The molecule has 0 radical (unpaired) electrons.